The normalized spacial score (nSPS) is 12.3. The number of hydrogen-bond acceptors (Lipinski definition) is 5. The van der Waals surface area contributed by atoms with E-state index in [2.05, 4.69) is 0 Å². The maximum atomic E-state index is 13.1. The summed E-state index contributed by atoms with van der Waals surface area (Å²) in [5.41, 5.74) is 0.508. The molecular weight excluding hydrogens is 326 g/mol. The van der Waals surface area contributed by atoms with Crippen LogP contribution in [0.5, 0.6) is 11.5 Å². The van der Waals surface area contributed by atoms with E-state index in [1.807, 2.05) is 29.6 Å². The third-order valence-electron chi connectivity index (χ3n) is 3.77. The molecule has 4 rings (SSSR count). The van der Waals surface area contributed by atoms with E-state index >= 15 is 0 Å². The molecule has 0 bridgehead atoms. The Morgan fingerprint density at radius 1 is 1.08 bits per heavy atom. The van der Waals surface area contributed by atoms with Gasteiger partial charge in [-0.1, -0.05) is 12.1 Å². The number of amides is 1. The standard InChI is InChI=1S/C18H15NO4S/c20-18(15-6-1-7-16-17(15)23-12-22-16)19(10-13-4-2-8-21-13)11-14-5-3-9-24-14/h1-9H,10-12H2. The summed E-state index contributed by atoms with van der Waals surface area (Å²) in [6.07, 6.45) is 1.61. The van der Waals surface area contributed by atoms with Crippen molar-refractivity contribution in [1.82, 2.24) is 4.90 Å². The zero-order chi connectivity index (χ0) is 16.4. The Bertz CT molecular complexity index is 791. The predicted molar refractivity (Wildman–Crippen MR) is 89.2 cm³/mol. The summed E-state index contributed by atoms with van der Waals surface area (Å²) in [5.74, 6) is 1.75. The Hall–Kier alpha value is -2.73. The molecular formula is C18H15NO4S. The Balaban J connectivity index is 1.64. The van der Waals surface area contributed by atoms with Crippen LogP contribution in [0.1, 0.15) is 21.0 Å². The van der Waals surface area contributed by atoms with Gasteiger partial charge in [0.25, 0.3) is 5.91 Å². The molecule has 0 aliphatic carbocycles. The fraction of sp³-hybridized carbons (Fsp3) is 0.167. The predicted octanol–water partition coefficient (Wildman–Crippen LogP) is 3.91. The first kappa shape index (κ1) is 14.8. The molecule has 6 heteroatoms. The van der Waals surface area contributed by atoms with Crippen molar-refractivity contribution in [3.63, 3.8) is 0 Å². The third-order valence-corrected chi connectivity index (χ3v) is 4.63. The van der Waals surface area contributed by atoms with Gasteiger partial charge in [0.2, 0.25) is 6.79 Å². The Kier molecular flexibility index (Phi) is 3.96. The lowest BCUT2D eigenvalue weighted by molar-refractivity contribution is 0.0715. The molecule has 5 nitrogen and oxygen atoms in total. The van der Waals surface area contributed by atoms with Crippen molar-refractivity contribution in [2.45, 2.75) is 13.1 Å². The van der Waals surface area contributed by atoms with Crippen LogP contribution in [-0.2, 0) is 13.1 Å². The summed E-state index contributed by atoms with van der Waals surface area (Å²) in [6.45, 7) is 1.05. The molecule has 3 heterocycles. The lowest BCUT2D eigenvalue weighted by atomic mass is 10.1. The van der Waals surface area contributed by atoms with Crippen LogP contribution < -0.4 is 9.47 Å². The average Bonchev–Trinajstić information content (AvgIpc) is 3.35. The highest BCUT2D eigenvalue weighted by Gasteiger charge is 2.26. The van der Waals surface area contributed by atoms with E-state index in [-0.39, 0.29) is 12.7 Å². The zero-order valence-corrected chi connectivity index (χ0v) is 13.6. The molecule has 122 valence electrons. The van der Waals surface area contributed by atoms with Crippen LogP contribution >= 0.6 is 11.3 Å². The minimum absolute atomic E-state index is 0.109. The number of carbonyl (C=O) groups excluding carboxylic acids is 1. The molecule has 24 heavy (non-hydrogen) atoms. The molecule has 1 aliphatic heterocycles. The van der Waals surface area contributed by atoms with Crippen molar-refractivity contribution in [2.75, 3.05) is 6.79 Å². The number of fused-ring (bicyclic) bond motifs is 1. The van der Waals surface area contributed by atoms with E-state index in [0.29, 0.717) is 30.2 Å². The number of hydrogen-bond donors (Lipinski definition) is 0. The fourth-order valence-electron chi connectivity index (χ4n) is 2.65. The lowest BCUT2D eigenvalue weighted by Gasteiger charge is -2.21. The SMILES string of the molecule is O=C(c1cccc2c1OCO2)N(Cc1ccco1)Cc1cccs1. The summed E-state index contributed by atoms with van der Waals surface area (Å²) in [7, 11) is 0. The Morgan fingerprint density at radius 3 is 2.83 bits per heavy atom. The second-order valence-electron chi connectivity index (χ2n) is 5.36. The fourth-order valence-corrected chi connectivity index (χ4v) is 3.37. The highest BCUT2D eigenvalue weighted by Crippen LogP contribution is 2.36. The van der Waals surface area contributed by atoms with Gasteiger partial charge in [-0.05, 0) is 35.7 Å². The van der Waals surface area contributed by atoms with Crippen LogP contribution in [0.4, 0.5) is 0 Å². The van der Waals surface area contributed by atoms with E-state index in [4.69, 9.17) is 13.9 Å². The highest BCUT2D eigenvalue weighted by atomic mass is 32.1. The molecule has 0 saturated carbocycles. The van der Waals surface area contributed by atoms with Crippen molar-refractivity contribution in [1.29, 1.82) is 0 Å². The molecule has 0 fully saturated rings. The molecule has 2 aromatic heterocycles. The number of thiophene rings is 1. The lowest BCUT2D eigenvalue weighted by Crippen LogP contribution is -2.29. The quantitative estimate of drug-likeness (QED) is 0.706. The summed E-state index contributed by atoms with van der Waals surface area (Å²) >= 11 is 1.62. The van der Waals surface area contributed by atoms with E-state index in [0.717, 1.165) is 10.6 Å². The first-order valence-corrected chi connectivity index (χ1v) is 8.42. The van der Waals surface area contributed by atoms with Gasteiger partial charge in [-0.25, -0.2) is 0 Å². The van der Waals surface area contributed by atoms with Crippen LogP contribution in [-0.4, -0.2) is 17.6 Å². The summed E-state index contributed by atoms with van der Waals surface area (Å²) in [4.78, 5) is 16.0. The van der Waals surface area contributed by atoms with Crippen LogP contribution in [0.15, 0.2) is 58.5 Å². The number of ether oxygens (including phenoxy) is 2. The zero-order valence-electron chi connectivity index (χ0n) is 12.8. The van der Waals surface area contributed by atoms with Gasteiger partial charge in [-0.2, -0.15) is 0 Å². The molecule has 1 aliphatic rings. The van der Waals surface area contributed by atoms with Crippen molar-refractivity contribution < 1.29 is 18.7 Å². The molecule has 1 aromatic carbocycles. The molecule has 0 saturated heterocycles. The van der Waals surface area contributed by atoms with E-state index in [1.54, 1.807) is 40.7 Å². The molecule has 3 aromatic rings. The first-order valence-electron chi connectivity index (χ1n) is 7.54. The van der Waals surface area contributed by atoms with Gasteiger partial charge in [0.1, 0.15) is 5.76 Å². The second kappa shape index (κ2) is 6.41. The maximum Gasteiger partial charge on any atom is 0.258 e. The Morgan fingerprint density at radius 2 is 2.04 bits per heavy atom. The van der Waals surface area contributed by atoms with Crippen molar-refractivity contribution in [3.8, 4) is 11.5 Å². The minimum atomic E-state index is -0.109. The summed E-state index contributed by atoms with van der Waals surface area (Å²) < 4.78 is 16.3. The molecule has 0 N–H and O–H groups in total. The number of carbonyl (C=O) groups is 1. The van der Waals surface area contributed by atoms with Crippen molar-refractivity contribution in [3.05, 3.63) is 70.3 Å². The van der Waals surface area contributed by atoms with E-state index in [1.165, 1.54) is 0 Å². The number of para-hydroxylation sites is 1. The van der Waals surface area contributed by atoms with E-state index < -0.39 is 0 Å². The molecule has 1 amide bonds. The summed E-state index contributed by atoms with van der Waals surface area (Å²) in [6, 6.07) is 13.0. The molecule has 0 radical (unpaired) electrons. The molecule has 0 unspecified atom stereocenters. The van der Waals surface area contributed by atoms with Gasteiger partial charge in [0.15, 0.2) is 11.5 Å². The van der Waals surface area contributed by atoms with Crippen LogP contribution in [0.2, 0.25) is 0 Å². The van der Waals surface area contributed by atoms with Crippen LogP contribution in [0.25, 0.3) is 0 Å². The maximum absolute atomic E-state index is 13.1. The van der Waals surface area contributed by atoms with Crippen molar-refractivity contribution >= 4 is 17.2 Å². The topological polar surface area (TPSA) is 51.9 Å². The van der Waals surface area contributed by atoms with Crippen LogP contribution in [0.3, 0.4) is 0 Å². The molecule has 0 atom stereocenters. The second-order valence-corrected chi connectivity index (χ2v) is 6.39. The number of benzene rings is 1. The van der Waals surface area contributed by atoms with Gasteiger partial charge >= 0.3 is 0 Å². The monoisotopic (exact) mass is 341 g/mol. The third kappa shape index (κ3) is 2.88. The summed E-state index contributed by atoms with van der Waals surface area (Å²) in [5, 5.41) is 2.00. The smallest absolute Gasteiger partial charge is 0.258 e. The van der Waals surface area contributed by atoms with Crippen LogP contribution in [0, 0.1) is 0 Å². The highest BCUT2D eigenvalue weighted by molar-refractivity contribution is 7.09. The van der Waals surface area contributed by atoms with E-state index in [9.17, 15) is 4.79 Å². The van der Waals surface area contributed by atoms with Gasteiger partial charge in [0, 0.05) is 4.88 Å². The largest absolute Gasteiger partial charge is 0.467 e. The number of rotatable bonds is 5. The number of nitrogens with zero attached hydrogens (tertiary/aromatic N) is 1. The first-order chi connectivity index (χ1) is 11.8. The minimum Gasteiger partial charge on any atom is -0.467 e. The average molecular weight is 341 g/mol. The molecule has 0 spiro atoms. The van der Waals surface area contributed by atoms with Gasteiger partial charge in [0.05, 0.1) is 24.9 Å². The number of furan rings is 1. The van der Waals surface area contributed by atoms with Gasteiger partial charge in [-0.15, -0.1) is 11.3 Å². The van der Waals surface area contributed by atoms with Gasteiger partial charge in [-0.3, -0.25) is 4.79 Å². The van der Waals surface area contributed by atoms with Crippen molar-refractivity contribution in [2.24, 2.45) is 0 Å². The van der Waals surface area contributed by atoms with Gasteiger partial charge < -0.3 is 18.8 Å². The Labute approximate surface area is 143 Å².